The van der Waals surface area contributed by atoms with E-state index in [9.17, 15) is 22.4 Å². The second-order valence-electron chi connectivity index (χ2n) is 3.23. The maximum Gasteiger partial charge on any atom is 0.271 e. The van der Waals surface area contributed by atoms with Crippen molar-refractivity contribution in [3.05, 3.63) is 35.0 Å². The van der Waals surface area contributed by atoms with Crippen molar-refractivity contribution in [1.29, 1.82) is 0 Å². The summed E-state index contributed by atoms with van der Waals surface area (Å²) in [6, 6.07) is 0.359. The number of nitrogens with zero attached hydrogens (tertiary/aromatic N) is 2. The average molecular weight is 260 g/mol. The third-order valence-corrected chi connectivity index (χ3v) is 2.14. The Hall–Kier alpha value is -2.45. The lowest BCUT2D eigenvalue weighted by molar-refractivity contribution is 0.0996. The molecule has 2 rings (SSSR count). The van der Waals surface area contributed by atoms with E-state index in [1.807, 2.05) is 5.21 Å². The largest absolute Gasteiger partial charge is 0.364 e. The molecule has 0 spiro atoms. The van der Waals surface area contributed by atoms with E-state index in [1.54, 1.807) is 0 Å². The van der Waals surface area contributed by atoms with Gasteiger partial charge in [0, 0.05) is 5.56 Å². The van der Waals surface area contributed by atoms with Gasteiger partial charge in [-0.2, -0.15) is 15.4 Å². The second kappa shape index (κ2) is 4.09. The summed E-state index contributed by atoms with van der Waals surface area (Å²) >= 11 is 0. The van der Waals surface area contributed by atoms with Gasteiger partial charge >= 0.3 is 0 Å². The molecule has 0 unspecified atom stereocenters. The van der Waals surface area contributed by atoms with Crippen molar-refractivity contribution in [3.8, 4) is 11.3 Å². The van der Waals surface area contributed by atoms with E-state index < -0.39 is 46.1 Å². The van der Waals surface area contributed by atoms with Crippen LogP contribution in [0.4, 0.5) is 17.6 Å². The van der Waals surface area contributed by atoms with Crippen LogP contribution in [0.15, 0.2) is 6.07 Å². The summed E-state index contributed by atoms with van der Waals surface area (Å²) in [4.78, 5) is 10.9. The molecule has 1 aromatic carbocycles. The van der Waals surface area contributed by atoms with Crippen molar-refractivity contribution >= 4 is 5.91 Å². The van der Waals surface area contributed by atoms with Gasteiger partial charge in [0.05, 0.1) is 0 Å². The van der Waals surface area contributed by atoms with Gasteiger partial charge in [-0.3, -0.25) is 4.79 Å². The van der Waals surface area contributed by atoms with Crippen molar-refractivity contribution in [2.45, 2.75) is 0 Å². The van der Waals surface area contributed by atoms with Crippen molar-refractivity contribution in [2.24, 2.45) is 5.73 Å². The molecule has 0 aliphatic rings. The van der Waals surface area contributed by atoms with E-state index in [0.717, 1.165) is 0 Å². The molecular formula is C9H4F4N4O. The molecule has 0 aliphatic carbocycles. The molecule has 18 heavy (non-hydrogen) atoms. The number of primary amides is 1. The molecule has 0 aliphatic heterocycles. The van der Waals surface area contributed by atoms with Crippen LogP contribution in [0.1, 0.15) is 10.5 Å². The van der Waals surface area contributed by atoms with Crippen LogP contribution in [0, 0.1) is 23.3 Å². The van der Waals surface area contributed by atoms with E-state index in [2.05, 4.69) is 10.2 Å². The summed E-state index contributed by atoms with van der Waals surface area (Å²) < 4.78 is 52.2. The lowest BCUT2D eigenvalue weighted by Crippen LogP contribution is -2.13. The molecule has 0 atom stereocenters. The highest BCUT2D eigenvalue weighted by Gasteiger charge is 2.24. The Kier molecular flexibility index (Phi) is 2.73. The van der Waals surface area contributed by atoms with Gasteiger partial charge < -0.3 is 5.73 Å². The number of halogens is 4. The number of carbonyl (C=O) groups excluding carboxylic acids is 1. The molecule has 1 aromatic heterocycles. The lowest BCUT2D eigenvalue weighted by atomic mass is 10.1. The van der Waals surface area contributed by atoms with Gasteiger partial charge in [0.1, 0.15) is 5.69 Å². The summed E-state index contributed by atoms with van der Waals surface area (Å²) in [6.07, 6.45) is 0. The fourth-order valence-corrected chi connectivity index (χ4v) is 1.34. The minimum absolute atomic E-state index is 0.359. The summed E-state index contributed by atoms with van der Waals surface area (Å²) in [5.74, 6) is -8.36. The van der Waals surface area contributed by atoms with Crippen LogP contribution in [0.5, 0.6) is 0 Å². The summed E-state index contributed by atoms with van der Waals surface area (Å²) in [5.41, 5.74) is 3.13. The minimum Gasteiger partial charge on any atom is -0.364 e. The molecule has 1 amide bonds. The van der Waals surface area contributed by atoms with E-state index in [-0.39, 0.29) is 0 Å². The summed E-state index contributed by atoms with van der Waals surface area (Å²) in [5, 5.41) is 8.60. The van der Waals surface area contributed by atoms with Gasteiger partial charge in [0.2, 0.25) is 0 Å². The smallest absolute Gasteiger partial charge is 0.271 e. The van der Waals surface area contributed by atoms with E-state index in [0.29, 0.717) is 6.07 Å². The summed E-state index contributed by atoms with van der Waals surface area (Å²) in [7, 11) is 0. The van der Waals surface area contributed by atoms with Crippen LogP contribution in [0.2, 0.25) is 0 Å². The zero-order valence-electron chi connectivity index (χ0n) is 8.47. The number of H-pyrrole nitrogens is 1. The number of nitrogens with one attached hydrogen (secondary N) is 1. The monoisotopic (exact) mass is 260 g/mol. The fourth-order valence-electron chi connectivity index (χ4n) is 1.34. The fraction of sp³-hybridized carbons (Fsp3) is 0. The van der Waals surface area contributed by atoms with Crippen molar-refractivity contribution < 1.29 is 22.4 Å². The normalized spacial score (nSPS) is 10.7. The number of carbonyl (C=O) groups is 1. The van der Waals surface area contributed by atoms with Crippen LogP contribution in [0.25, 0.3) is 11.3 Å². The number of rotatable bonds is 2. The number of benzene rings is 1. The van der Waals surface area contributed by atoms with Crippen LogP contribution in [-0.4, -0.2) is 21.3 Å². The van der Waals surface area contributed by atoms with E-state index >= 15 is 0 Å². The van der Waals surface area contributed by atoms with Crippen molar-refractivity contribution in [1.82, 2.24) is 15.4 Å². The lowest BCUT2D eigenvalue weighted by Gasteiger charge is -2.03. The molecule has 0 radical (unpaired) electrons. The molecule has 94 valence electrons. The SMILES string of the molecule is NC(=O)c1n[nH]nc1-c1cc(F)c(F)c(F)c1F. The van der Waals surface area contributed by atoms with Crippen molar-refractivity contribution in [3.63, 3.8) is 0 Å². The Morgan fingerprint density at radius 2 is 1.78 bits per heavy atom. The zero-order valence-corrected chi connectivity index (χ0v) is 8.47. The zero-order chi connectivity index (χ0) is 13.4. The third-order valence-electron chi connectivity index (χ3n) is 2.14. The van der Waals surface area contributed by atoms with Gasteiger partial charge in [-0.1, -0.05) is 0 Å². The Morgan fingerprint density at radius 1 is 1.11 bits per heavy atom. The molecule has 0 fully saturated rings. The topological polar surface area (TPSA) is 84.7 Å². The molecule has 5 nitrogen and oxygen atoms in total. The number of hydrogen-bond donors (Lipinski definition) is 2. The predicted octanol–water partition coefficient (Wildman–Crippen LogP) is 1.13. The maximum absolute atomic E-state index is 13.4. The molecule has 3 N–H and O–H groups in total. The Balaban J connectivity index is 2.72. The maximum atomic E-state index is 13.4. The molecule has 9 heteroatoms. The van der Waals surface area contributed by atoms with Gasteiger partial charge in [0.15, 0.2) is 29.0 Å². The average Bonchev–Trinajstić information content (AvgIpc) is 2.80. The molecule has 0 saturated heterocycles. The number of amides is 1. The van der Waals surface area contributed by atoms with E-state index in [4.69, 9.17) is 5.73 Å². The molecule has 0 saturated carbocycles. The van der Waals surface area contributed by atoms with Crippen LogP contribution < -0.4 is 5.73 Å². The van der Waals surface area contributed by atoms with E-state index in [1.165, 1.54) is 0 Å². The minimum atomic E-state index is -2.01. The Labute approximate surface area is 96.6 Å². The number of aromatic nitrogens is 3. The second-order valence-corrected chi connectivity index (χ2v) is 3.23. The van der Waals surface area contributed by atoms with Gasteiger partial charge in [-0.15, -0.1) is 0 Å². The standard InChI is InChI=1S/C9H4F4N4O/c10-3-1-2(4(11)6(13)5(3)12)7-8(9(14)18)16-17-15-7/h1H,(H2,14,18)(H,15,16,17). The number of aromatic amines is 1. The van der Waals surface area contributed by atoms with Crippen LogP contribution in [0.3, 0.4) is 0 Å². The first kappa shape index (κ1) is 12.0. The van der Waals surface area contributed by atoms with Crippen LogP contribution >= 0.6 is 0 Å². The Morgan fingerprint density at radius 3 is 2.39 bits per heavy atom. The number of nitrogens with two attached hydrogens (primary N) is 1. The third kappa shape index (κ3) is 1.69. The quantitative estimate of drug-likeness (QED) is 0.482. The number of hydrogen-bond acceptors (Lipinski definition) is 3. The first-order valence-electron chi connectivity index (χ1n) is 4.47. The molecule has 0 bridgehead atoms. The van der Waals surface area contributed by atoms with Gasteiger partial charge in [-0.25, -0.2) is 17.6 Å². The Bertz CT molecular complexity index is 640. The summed E-state index contributed by atoms with van der Waals surface area (Å²) in [6.45, 7) is 0. The highest BCUT2D eigenvalue weighted by atomic mass is 19.2. The first-order valence-corrected chi connectivity index (χ1v) is 4.47. The highest BCUT2D eigenvalue weighted by Crippen LogP contribution is 2.27. The van der Waals surface area contributed by atoms with Gasteiger partial charge in [-0.05, 0) is 6.07 Å². The molecule has 1 heterocycles. The van der Waals surface area contributed by atoms with Crippen LogP contribution in [-0.2, 0) is 0 Å². The molecule has 2 aromatic rings. The van der Waals surface area contributed by atoms with Crippen molar-refractivity contribution in [2.75, 3.05) is 0 Å². The first-order chi connectivity index (χ1) is 8.43. The molecular weight excluding hydrogens is 256 g/mol. The predicted molar refractivity (Wildman–Crippen MR) is 50.2 cm³/mol. The van der Waals surface area contributed by atoms with Gasteiger partial charge in [0.25, 0.3) is 5.91 Å². The highest BCUT2D eigenvalue weighted by molar-refractivity contribution is 5.96.